The molecular weight excluding hydrogens is 638 g/mol. The van der Waals surface area contributed by atoms with Gasteiger partial charge < -0.3 is 39.3 Å². The maximum Gasteiger partial charge on any atom is 0.404 e. The van der Waals surface area contributed by atoms with Crippen molar-refractivity contribution in [2.75, 3.05) is 12.0 Å². The van der Waals surface area contributed by atoms with Crippen LogP contribution in [0.4, 0.5) is 19.3 Å². The second kappa shape index (κ2) is 13.0. The van der Waals surface area contributed by atoms with Crippen LogP contribution in [0, 0.1) is 18.6 Å². The largest absolute Gasteiger partial charge is 0.505 e. The Hall–Kier alpha value is -5.38. The monoisotopic (exact) mass is 668 g/mol. The lowest BCUT2D eigenvalue weighted by molar-refractivity contribution is -0.304. The van der Waals surface area contributed by atoms with Gasteiger partial charge in [0, 0.05) is 23.8 Å². The Bertz CT molecular complexity index is 1890. The van der Waals surface area contributed by atoms with Gasteiger partial charge >= 0.3 is 11.7 Å². The maximum absolute atomic E-state index is 13.7. The molecule has 1 aliphatic rings. The highest BCUT2D eigenvalue weighted by atomic mass is 19.1. The molecule has 48 heavy (non-hydrogen) atoms. The van der Waals surface area contributed by atoms with Crippen molar-refractivity contribution in [3.8, 4) is 11.5 Å². The average Bonchev–Trinajstić information content (AvgIpc) is 3.03. The molecule has 0 radical (unpaired) electrons. The molecule has 2 heterocycles. The summed E-state index contributed by atoms with van der Waals surface area (Å²) in [4.78, 5) is 52.8. The van der Waals surface area contributed by atoms with Crippen LogP contribution in [-0.4, -0.2) is 65.4 Å². The smallest absolute Gasteiger partial charge is 0.404 e. The lowest BCUT2D eigenvalue weighted by Gasteiger charge is -2.47. The van der Waals surface area contributed by atoms with Gasteiger partial charge in [-0.2, -0.15) is 0 Å². The molecule has 0 unspecified atom stereocenters. The van der Waals surface area contributed by atoms with Crippen LogP contribution in [0.5, 0.6) is 11.5 Å². The first kappa shape index (κ1) is 34.0. The number of carbonyl (C=O) groups is 3. The van der Waals surface area contributed by atoms with Crippen molar-refractivity contribution < 1.29 is 56.7 Å². The van der Waals surface area contributed by atoms with E-state index in [1.165, 1.54) is 26.2 Å². The van der Waals surface area contributed by atoms with Gasteiger partial charge in [0.2, 0.25) is 6.29 Å². The minimum absolute atomic E-state index is 0.00738. The second-order valence-electron chi connectivity index (χ2n) is 11.4. The van der Waals surface area contributed by atoms with Crippen LogP contribution in [-0.2, 0) is 14.2 Å². The van der Waals surface area contributed by atoms with Crippen molar-refractivity contribution in [1.29, 1.82) is 0 Å². The van der Waals surface area contributed by atoms with Crippen LogP contribution >= 0.6 is 0 Å². The molecule has 0 spiro atoms. The molecule has 1 saturated heterocycles. The molecule has 3 amide bonds. The SMILES string of the molecule is CO[C@H]1[C@@H](OC(N)=O)[C@@H](O)[C@H](Oc2ccc3c(O)c(N(C(=O)c4ccc(F)cc4)C(=O)c4ccc(F)cc4)c(=O)oc3c2C)OC1(C)C. The molecule has 1 fully saturated rings. The number of methoxy groups -OCH3 is 1. The summed E-state index contributed by atoms with van der Waals surface area (Å²) in [6, 6.07) is 10.8. The van der Waals surface area contributed by atoms with Gasteiger partial charge in [-0.1, -0.05) is 0 Å². The number of imide groups is 1. The fraction of sp³-hybridized carbons (Fsp3) is 0.273. The van der Waals surface area contributed by atoms with Crippen LogP contribution < -0.4 is 21.0 Å². The number of ether oxygens (including phenoxy) is 4. The molecule has 4 N–H and O–H groups in total. The number of aliphatic hydroxyl groups is 1. The number of hydrogen-bond acceptors (Lipinski definition) is 11. The van der Waals surface area contributed by atoms with E-state index >= 15 is 0 Å². The lowest BCUT2D eigenvalue weighted by atomic mass is 9.89. The van der Waals surface area contributed by atoms with Crippen LogP contribution in [0.15, 0.2) is 69.9 Å². The van der Waals surface area contributed by atoms with Gasteiger partial charge in [0.25, 0.3) is 11.8 Å². The summed E-state index contributed by atoms with van der Waals surface area (Å²) >= 11 is 0. The zero-order chi connectivity index (χ0) is 35.1. The molecule has 3 aromatic carbocycles. The second-order valence-corrected chi connectivity index (χ2v) is 11.4. The third kappa shape index (κ3) is 6.30. The number of primary amides is 1. The summed E-state index contributed by atoms with van der Waals surface area (Å²) in [5.74, 6) is -4.39. The number of nitrogens with zero attached hydrogens (tertiary/aromatic N) is 1. The fourth-order valence-corrected chi connectivity index (χ4v) is 5.49. The number of anilines is 1. The molecule has 4 aromatic rings. The van der Waals surface area contributed by atoms with Gasteiger partial charge in [-0.15, -0.1) is 0 Å². The molecule has 4 atom stereocenters. The summed E-state index contributed by atoms with van der Waals surface area (Å²) in [6.07, 6.45) is -6.46. The average molecular weight is 669 g/mol. The number of carbonyl (C=O) groups excluding carboxylic acids is 3. The van der Waals surface area contributed by atoms with E-state index in [0.29, 0.717) is 4.90 Å². The predicted octanol–water partition coefficient (Wildman–Crippen LogP) is 3.93. The Morgan fingerprint density at radius 1 is 0.938 bits per heavy atom. The number of benzene rings is 3. The normalized spacial score (nSPS) is 20.2. The van der Waals surface area contributed by atoms with Gasteiger partial charge in [-0.05, 0) is 81.4 Å². The van der Waals surface area contributed by atoms with Gasteiger partial charge in [0.05, 0.1) is 11.0 Å². The Morgan fingerprint density at radius 3 is 1.98 bits per heavy atom. The molecule has 0 bridgehead atoms. The van der Waals surface area contributed by atoms with Gasteiger partial charge in [-0.3, -0.25) is 9.59 Å². The Morgan fingerprint density at radius 2 is 1.48 bits per heavy atom. The van der Waals surface area contributed by atoms with E-state index in [-0.39, 0.29) is 33.4 Å². The Kier molecular flexibility index (Phi) is 9.22. The standard InChI is InChI=1S/C33H30F2N2O11/c1-15-21(45-31-24(39)26(47-32(36)43)27(44-4)33(2,3)48-31)14-13-20-23(38)22(30(42)46-25(15)20)37(28(40)16-5-9-18(34)10-6-16)29(41)17-7-11-19(35)12-8-17/h5-14,24,26-27,31,38-39H,1-4H3,(H2,36,43)/t24-,26+,27+,31-/m1/s1. The number of rotatable bonds is 7. The highest BCUT2D eigenvalue weighted by Crippen LogP contribution is 2.40. The zero-order valence-electron chi connectivity index (χ0n) is 25.9. The predicted molar refractivity (Wildman–Crippen MR) is 164 cm³/mol. The number of hydrogen-bond donors (Lipinski definition) is 3. The van der Waals surface area contributed by atoms with Crippen molar-refractivity contribution in [2.45, 2.75) is 51.0 Å². The summed E-state index contributed by atoms with van der Waals surface area (Å²) in [7, 11) is 1.33. The number of aryl methyl sites for hydroxylation is 1. The van der Waals surface area contributed by atoms with Crippen molar-refractivity contribution in [2.24, 2.45) is 5.73 Å². The van der Waals surface area contributed by atoms with Crippen molar-refractivity contribution >= 4 is 34.6 Å². The quantitative estimate of drug-likeness (QED) is 0.191. The van der Waals surface area contributed by atoms with Crippen LogP contribution in [0.3, 0.4) is 0 Å². The van der Waals surface area contributed by atoms with E-state index in [1.807, 2.05) is 0 Å². The zero-order valence-corrected chi connectivity index (χ0v) is 25.9. The van der Waals surface area contributed by atoms with E-state index in [4.69, 9.17) is 29.1 Å². The number of nitrogens with two attached hydrogens (primary N) is 1. The minimum atomic E-state index is -1.60. The number of aliphatic hydroxyl groups excluding tert-OH is 1. The van der Waals surface area contributed by atoms with Crippen molar-refractivity contribution in [3.05, 3.63) is 99.4 Å². The summed E-state index contributed by atoms with van der Waals surface area (Å²) in [6.45, 7) is 4.68. The van der Waals surface area contributed by atoms with Crippen LogP contribution in [0.2, 0.25) is 0 Å². The summed E-state index contributed by atoms with van der Waals surface area (Å²) < 4.78 is 55.1. The summed E-state index contributed by atoms with van der Waals surface area (Å²) in [5.41, 5.74) is 1.34. The van der Waals surface area contributed by atoms with E-state index in [0.717, 1.165) is 48.5 Å². The molecule has 15 heteroatoms. The van der Waals surface area contributed by atoms with Crippen molar-refractivity contribution in [1.82, 2.24) is 0 Å². The molecule has 5 rings (SSSR count). The van der Waals surface area contributed by atoms with E-state index in [2.05, 4.69) is 0 Å². The third-order valence-electron chi connectivity index (χ3n) is 7.80. The summed E-state index contributed by atoms with van der Waals surface area (Å²) in [5, 5.41) is 22.3. The Labute approximate surface area is 271 Å². The molecule has 0 aliphatic carbocycles. The molecular formula is C33H30F2N2O11. The first-order valence-corrected chi connectivity index (χ1v) is 14.3. The highest BCUT2D eigenvalue weighted by molar-refractivity contribution is 6.26. The molecule has 1 aliphatic heterocycles. The number of amides is 3. The van der Waals surface area contributed by atoms with Gasteiger partial charge in [0.15, 0.2) is 23.6 Å². The highest BCUT2D eigenvalue weighted by Gasteiger charge is 2.53. The minimum Gasteiger partial charge on any atom is -0.505 e. The van der Waals surface area contributed by atoms with Gasteiger partial charge in [-0.25, -0.2) is 23.3 Å². The molecule has 252 valence electrons. The molecule has 13 nitrogen and oxygen atoms in total. The maximum atomic E-state index is 13.7. The van der Waals surface area contributed by atoms with E-state index in [9.17, 15) is 38.2 Å². The first-order valence-electron chi connectivity index (χ1n) is 14.3. The van der Waals surface area contributed by atoms with Gasteiger partial charge in [0.1, 0.15) is 29.1 Å². The topological polar surface area (TPSA) is 188 Å². The lowest BCUT2D eigenvalue weighted by Crippen LogP contribution is -2.65. The number of fused-ring (bicyclic) bond motifs is 1. The fourth-order valence-electron chi connectivity index (χ4n) is 5.49. The van der Waals surface area contributed by atoms with Crippen molar-refractivity contribution in [3.63, 3.8) is 0 Å². The van der Waals surface area contributed by atoms with Crippen LogP contribution in [0.25, 0.3) is 11.0 Å². The molecule has 1 aromatic heterocycles. The number of halogens is 2. The Balaban J connectivity index is 1.58. The first-order chi connectivity index (χ1) is 22.6. The number of aromatic hydroxyl groups is 1. The molecule has 0 saturated carbocycles. The van der Waals surface area contributed by atoms with Crippen LogP contribution in [0.1, 0.15) is 40.1 Å². The third-order valence-corrected chi connectivity index (χ3v) is 7.80. The van der Waals surface area contributed by atoms with E-state index < -0.39 is 76.8 Å². The van der Waals surface area contributed by atoms with E-state index in [1.54, 1.807) is 13.8 Å².